The van der Waals surface area contributed by atoms with Crippen molar-refractivity contribution >= 4 is 5.97 Å². The van der Waals surface area contributed by atoms with E-state index in [1.54, 1.807) is 0 Å². The van der Waals surface area contributed by atoms with Gasteiger partial charge in [-0.05, 0) is 19.3 Å². The van der Waals surface area contributed by atoms with Crippen molar-refractivity contribution in [3.05, 3.63) is 0 Å². The van der Waals surface area contributed by atoms with Crippen LogP contribution in [-0.2, 0) is 14.3 Å². The summed E-state index contributed by atoms with van der Waals surface area (Å²) in [6.45, 7) is 2.25. The number of carboxylic acids is 1. The topological polar surface area (TPSA) is 62.4 Å². The average molecular weight is 312 g/mol. The van der Waals surface area contributed by atoms with Gasteiger partial charge in [-0.2, -0.15) is 0 Å². The number of carbonyl (C=O) groups is 1. The van der Waals surface area contributed by atoms with Crippen LogP contribution in [0, 0.1) is 0 Å². The third-order valence-corrected chi connectivity index (χ3v) is 4.91. The molecule has 4 nitrogen and oxygen atoms in total. The molecular weight excluding hydrogens is 280 g/mol. The fraction of sp³-hybridized carbons (Fsp3) is 0.944. The highest BCUT2D eigenvalue weighted by atomic mass is 17.0. The summed E-state index contributed by atoms with van der Waals surface area (Å²) < 4.78 is 11.5. The molecule has 2 rings (SSSR count). The maximum atomic E-state index is 10.4. The summed E-state index contributed by atoms with van der Waals surface area (Å²) in [5.41, 5.74) is 0. The quantitative estimate of drug-likeness (QED) is 0.341. The molecule has 2 saturated heterocycles. The fourth-order valence-electron chi connectivity index (χ4n) is 3.38. The molecule has 2 fully saturated rings. The lowest BCUT2D eigenvalue weighted by Gasteiger charge is -2.02. The van der Waals surface area contributed by atoms with E-state index >= 15 is 0 Å². The van der Waals surface area contributed by atoms with Gasteiger partial charge in [0.05, 0.1) is 0 Å². The first-order valence-corrected chi connectivity index (χ1v) is 9.26. The Morgan fingerprint density at radius 1 is 0.773 bits per heavy atom. The van der Waals surface area contributed by atoms with Crippen LogP contribution >= 0.6 is 0 Å². The monoisotopic (exact) mass is 312 g/mol. The van der Waals surface area contributed by atoms with Gasteiger partial charge >= 0.3 is 5.97 Å². The highest BCUT2D eigenvalue weighted by Gasteiger charge is 2.89. The lowest BCUT2D eigenvalue weighted by molar-refractivity contribution is -0.137. The molecule has 0 aromatic carbocycles. The molecule has 4 heteroatoms. The maximum Gasteiger partial charge on any atom is 0.303 e. The lowest BCUT2D eigenvalue weighted by atomic mass is 10.0. The van der Waals surface area contributed by atoms with Gasteiger partial charge in [0.25, 0.3) is 0 Å². The van der Waals surface area contributed by atoms with Gasteiger partial charge in [0.2, 0.25) is 11.6 Å². The van der Waals surface area contributed by atoms with E-state index in [1.807, 2.05) is 0 Å². The first kappa shape index (κ1) is 17.7. The molecule has 0 radical (unpaired) electrons. The largest absolute Gasteiger partial charge is 0.481 e. The number of hydrogen-bond acceptors (Lipinski definition) is 3. The van der Waals surface area contributed by atoms with Crippen LogP contribution in [0.1, 0.15) is 96.8 Å². The average Bonchev–Trinajstić information content (AvgIpc) is 3.27. The maximum absolute atomic E-state index is 10.4. The van der Waals surface area contributed by atoms with E-state index in [2.05, 4.69) is 6.92 Å². The molecule has 0 spiro atoms. The van der Waals surface area contributed by atoms with Crippen molar-refractivity contribution in [1.29, 1.82) is 0 Å². The second kappa shape index (κ2) is 8.30. The van der Waals surface area contributed by atoms with Crippen LogP contribution in [0.5, 0.6) is 0 Å². The Morgan fingerprint density at radius 3 is 1.73 bits per heavy atom. The van der Waals surface area contributed by atoms with E-state index in [-0.39, 0.29) is 11.6 Å². The zero-order chi connectivity index (χ0) is 15.9. The van der Waals surface area contributed by atoms with Gasteiger partial charge in [0, 0.05) is 19.3 Å². The van der Waals surface area contributed by atoms with Crippen molar-refractivity contribution < 1.29 is 19.4 Å². The number of unbranched alkanes of at least 4 members (excludes halogenated alkanes) is 9. The summed E-state index contributed by atoms with van der Waals surface area (Å²) in [6, 6.07) is 0. The molecule has 1 N–H and O–H groups in total. The van der Waals surface area contributed by atoms with Gasteiger partial charge in [0.15, 0.2) is 0 Å². The van der Waals surface area contributed by atoms with Crippen LogP contribution in [-0.4, -0.2) is 22.7 Å². The van der Waals surface area contributed by atoms with Crippen molar-refractivity contribution in [2.24, 2.45) is 0 Å². The van der Waals surface area contributed by atoms with E-state index in [0.717, 1.165) is 44.9 Å². The minimum Gasteiger partial charge on any atom is -0.481 e. The van der Waals surface area contributed by atoms with E-state index in [9.17, 15) is 4.79 Å². The van der Waals surface area contributed by atoms with Crippen molar-refractivity contribution in [3.63, 3.8) is 0 Å². The Kier molecular flexibility index (Phi) is 6.69. The van der Waals surface area contributed by atoms with Gasteiger partial charge in [-0.25, -0.2) is 0 Å². The first-order valence-electron chi connectivity index (χ1n) is 9.26. The first-order chi connectivity index (χ1) is 10.6. The third kappa shape index (κ3) is 4.95. The third-order valence-electron chi connectivity index (χ3n) is 4.91. The number of epoxide rings is 2. The van der Waals surface area contributed by atoms with Crippen LogP contribution in [0.4, 0.5) is 0 Å². The number of carboxylic acid groups (broad SMARTS) is 1. The minimum atomic E-state index is -0.684. The number of ether oxygens (including phenoxy) is 2. The summed E-state index contributed by atoms with van der Waals surface area (Å²) in [5, 5.41) is 8.56. The Bertz CT molecular complexity index is 347. The van der Waals surface area contributed by atoms with Crippen molar-refractivity contribution in [3.8, 4) is 0 Å². The van der Waals surface area contributed by atoms with Crippen LogP contribution in [0.15, 0.2) is 0 Å². The van der Waals surface area contributed by atoms with E-state index in [0.29, 0.717) is 6.42 Å². The van der Waals surface area contributed by atoms with Gasteiger partial charge < -0.3 is 14.6 Å². The molecule has 128 valence electrons. The highest BCUT2D eigenvalue weighted by Crippen LogP contribution is 2.72. The molecule has 2 heterocycles. The molecule has 0 atom stereocenters. The molecule has 2 aliphatic rings. The number of fused-ring (bicyclic) bond motifs is 1. The molecule has 0 aliphatic carbocycles. The van der Waals surface area contributed by atoms with Gasteiger partial charge in [-0.3, -0.25) is 4.79 Å². The SMILES string of the molecule is CCCCCCCCC12OC1(CCCCCCCC(=O)O)O2. The summed E-state index contributed by atoms with van der Waals surface area (Å²) in [7, 11) is 0. The van der Waals surface area contributed by atoms with Crippen molar-refractivity contribution in [1.82, 2.24) is 0 Å². The van der Waals surface area contributed by atoms with Gasteiger partial charge in [-0.1, -0.05) is 58.3 Å². The second-order valence-electron chi connectivity index (χ2n) is 6.89. The zero-order valence-electron chi connectivity index (χ0n) is 14.1. The predicted octanol–water partition coefficient (Wildman–Crippen LogP) is 5.01. The second-order valence-corrected chi connectivity index (χ2v) is 6.89. The summed E-state index contributed by atoms with van der Waals surface area (Å²) in [6.07, 6.45) is 15.5. The Morgan fingerprint density at radius 2 is 1.23 bits per heavy atom. The normalized spacial score (nSPS) is 28.4. The standard InChI is InChI=1S/C18H32O4/c1-2-3-4-5-8-11-14-17-18(21-17,22-17)15-12-9-6-7-10-13-16(19)20/h2-15H2,1H3,(H,19,20). The number of hydrogen-bond donors (Lipinski definition) is 1. The lowest BCUT2D eigenvalue weighted by Crippen LogP contribution is -1.99. The Labute approximate surface area is 134 Å². The van der Waals surface area contributed by atoms with Crippen LogP contribution in [0.3, 0.4) is 0 Å². The van der Waals surface area contributed by atoms with Crippen LogP contribution in [0.25, 0.3) is 0 Å². The molecule has 0 bridgehead atoms. The molecule has 0 amide bonds. The van der Waals surface area contributed by atoms with E-state index < -0.39 is 5.97 Å². The zero-order valence-corrected chi connectivity index (χ0v) is 14.1. The molecule has 0 unspecified atom stereocenters. The predicted molar refractivity (Wildman–Crippen MR) is 85.6 cm³/mol. The van der Waals surface area contributed by atoms with E-state index in [1.165, 1.54) is 38.5 Å². The summed E-state index contributed by atoms with van der Waals surface area (Å²) in [4.78, 5) is 10.4. The molecule has 0 saturated carbocycles. The molecule has 22 heavy (non-hydrogen) atoms. The van der Waals surface area contributed by atoms with E-state index in [4.69, 9.17) is 14.6 Å². The van der Waals surface area contributed by atoms with Crippen LogP contribution < -0.4 is 0 Å². The number of aliphatic carboxylic acids is 1. The highest BCUT2D eigenvalue weighted by molar-refractivity contribution is 5.66. The molecule has 0 aromatic heterocycles. The molecular formula is C18H32O4. The minimum absolute atomic E-state index is 0.180. The Balaban J connectivity index is 1.39. The number of rotatable bonds is 15. The van der Waals surface area contributed by atoms with Gasteiger partial charge in [0.1, 0.15) is 0 Å². The fourth-order valence-corrected chi connectivity index (χ4v) is 3.38. The Hall–Kier alpha value is -0.610. The van der Waals surface area contributed by atoms with Crippen molar-refractivity contribution in [2.75, 3.05) is 0 Å². The van der Waals surface area contributed by atoms with Crippen LogP contribution in [0.2, 0.25) is 0 Å². The molecule has 0 aromatic rings. The van der Waals surface area contributed by atoms with Crippen molar-refractivity contribution in [2.45, 2.75) is 108 Å². The summed E-state index contributed by atoms with van der Waals surface area (Å²) >= 11 is 0. The molecule has 2 aliphatic heterocycles. The summed E-state index contributed by atoms with van der Waals surface area (Å²) in [5.74, 6) is -1.06. The van der Waals surface area contributed by atoms with Gasteiger partial charge in [-0.15, -0.1) is 0 Å². The smallest absolute Gasteiger partial charge is 0.303 e.